The summed E-state index contributed by atoms with van der Waals surface area (Å²) in [6.45, 7) is 2.33. The first kappa shape index (κ1) is 15.4. The van der Waals surface area contributed by atoms with Gasteiger partial charge in [0.1, 0.15) is 5.82 Å². The lowest BCUT2D eigenvalue weighted by molar-refractivity contribution is -0.128. The van der Waals surface area contributed by atoms with Crippen molar-refractivity contribution in [1.29, 1.82) is 0 Å². The fraction of sp³-hybridized carbons (Fsp3) is 0.533. The van der Waals surface area contributed by atoms with E-state index < -0.39 is 5.54 Å². The Morgan fingerprint density at radius 2 is 2.30 bits per heavy atom. The van der Waals surface area contributed by atoms with Gasteiger partial charge in [0.2, 0.25) is 5.91 Å². The van der Waals surface area contributed by atoms with Crippen LogP contribution in [0.4, 0.5) is 4.39 Å². The Hall–Kier alpha value is -0.940. The molecule has 0 aromatic heterocycles. The molecule has 0 bridgehead atoms. The Bertz CT molecular complexity index is 505. The lowest BCUT2D eigenvalue weighted by Gasteiger charge is -2.37. The van der Waals surface area contributed by atoms with Crippen LogP contribution in [0.5, 0.6) is 0 Å². The van der Waals surface area contributed by atoms with E-state index in [0.717, 1.165) is 31.2 Å². The number of benzene rings is 1. The SMILES string of the molecule is CC1(N)CCCCC1C(=O)NCc1ccc(F)cc1Br. The van der Waals surface area contributed by atoms with Gasteiger partial charge >= 0.3 is 0 Å². The van der Waals surface area contributed by atoms with Gasteiger partial charge in [-0.2, -0.15) is 0 Å². The number of amides is 1. The molecule has 5 heteroatoms. The molecule has 3 nitrogen and oxygen atoms in total. The first-order valence-corrected chi connectivity index (χ1v) is 7.70. The summed E-state index contributed by atoms with van der Waals surface area (Å²) in [4.78, 5) is 12.3. The maximum Gasteiger partial charge on any atom is 0.225 e. The fourth-order valence-electron chi connectivity index (χ4n) is 2.76. The molecule has 110 valence electrons. The van der Waals surface area contributed by atoms with Crippen LogP contribution in [-0.2, 0) is 11.3 Å². The van der Waals surface area contributed by atoms with Crippen molar-refractivity contribution in [2.45, 2.75) is 44.7 Å². The molecular formula is C15H20BrFN2O. The number of halogens is 2. The van der Waals surface area contributed by atoms with Crippen LogP contribution in [0.25, 0.3) is 0 Å². The molecule has 0 spiro atoms. The Kier molecular flexibility index (Phi) is 4.81. The van der Waals surface area contributed by atoms with Crippen LogP contribution in [0.2, 0.25) is 0 Å². The topological polar surface area (TPSA) is 55.1 Å². The third kappa shape index (κ3) is 3.58. The summed E-state index contributed by atoms with van der Waals surface area (Å²) in [5.74, 6) is -0.449. The monoisotopic (exact) mass is 342 g/mol. The van der Waals surface area contributed by atoms with Crippen LogP contribution in [0, 0.1) is 11.7 Å². The van der Waals surface area contributed by atoms with Crippen molar-refractivity contribution < 1.29 is 9.18 Å². The molecule has 0 radical (unpaired) electrons. The third-order valence-electron chi connectivity index (χ3n) is 4.04. The van der Waals surface area contributed by atoms with Gasteiger partial charge in [-0.3, -0.25) is 4.79 Å². The van der Waals surface area contributed by atoms with E-state index >= 15 is 0 Å². The number of carbonyl (C=O) groups is 1. The van der Waals surface area contributed by atoms with Crippen molar-refractivity contribution in [3.8, 4) is 0 Å². The van der Waals surface area contributed by atoms with E-state index in [1.807, 2.05) is 6.92 Å². The van der Waals surface area contributed by atoms with Gasteiger partial charge in [-0.1, -0.05) is 34.8 Å². The summed E-state index contributed by atoms with van der Waals surface area (Å²) in [7, 11) is 0. The Labute approximate surface area is 127 Å². The number of rotatable bonds is 3. The summed E-state index contributed by atoms with van der Waals surface area (Å²) >= 11 is 3.30. The third-order valence-corrected chi connectivity index (χ3v) is 4.78. The first-order chi connectivity index (χ1) is 9.40. The van der Waals surface area contributed by atoms with E-state index in [4.69, 9.17) is 5.73 Å². The molecule has 1 aromatic rings. The Balaban J connectivity index is 1.98. The highest BCUT2D eigenvalue weighted by molar-refractivity contribution is 9.10. The molecule has 1 saturated carbocycles. The van der Waals surface area contributed by atoms with E-state index in [1.54, 1.807) is 6.07 Å². The van der Waals surface area contributed by atoms with Gasteiger partial charge < -0.3 is 11.1 Å². The van der Waals surface area contributed by atoms with E-state index in [2.05, 4.69) is 21.2 Å². The second kappa shape index (κ2) is 6.22. The maximum atomic E-state index is 13.0. The van der Waals surface area contributed by atoms with Gasteiger partial charge in [0.25, 0.3) is 0 Å². The number of hydrogen-bond acceptors (Lipinski definition) is 2. The van der Waals surface area contributed by atoms with Crippen LogP contribution in [0.15, 0.2) is 22.7 Å². The number of nitrogens with two attached hydrogens (primary N) is 1. The minimum absolute atomic E-state index is 0.00840. The molecule has 0 saturated heterocycles. The second-order valence-corrected chi connectivity index (χ2v) is 6.61. The summed E-state index contributed by atoms with van der Waals surface area (Å²) in [6.07, 6.45) is 3.85. The van der Waals surface area contributed by atoms with Gasteiger partial charge in [0.05, 0.1) is 5.92 Å². The van der Waals surface area contributed by atoms with Gasteiger partial charge in [-0.05, 0) is 37.5 Å². The molecule has 1 aromatic carbocycles. The molecule has 2 unspecified atom stereocenters. The van der Waals surface area contributed by atoms with Crippen molar-refractivity contribution in [2.75, 3.05) is 0 Å². The zero-order valence-corrected chi connectivity index (χ0v) is 13.2. The molecule has 2 rings (SSSR count). The summed E-state index contributed by atoms with van der Waals surface area (Å²) < 4.78 is 13.7. The lowest BCUT2D eigenvalue weighted by atomic mass is 9.74. The molecule has 20 heavy (non-hydrogen) atoms. The summed E-state index contributed by atoms with van der Waals surface area (Å²) in [6, 6.07) is 4.46. The summed E-state index contributed by atoms with van der Waals surface area (Å²) in [5.41, 5.74) is 6.65. The first-order valence-electron chi connectivity index (χ1n) is 6.91. The van der Waals surface area contributed by atoms with Crippen molar-refractivity contribution >= 4 is 21.8 Å². The lowest BCUT2D eigenvalue weighted by Crippen LogP contribution is -2.52. The van der Waals surface area contributed by atoms with E-state index in [1.165, 1.54) is 12.1 Å². The highest BCUT2D eigenvalue weighted by Gasteiger charge is 2.37. The second-order valence-electron chi connectivity index (χ2n) is 5.76. The van der Waals surface area contributed by atoms with Crippen molar-refractivity contribution in [1.82, 2.24) is 5.32 Å². The molecule has 1 amide bonds. The molecule has 1 fully saturated rings. The van der Waals surface area contributed by atoms with E-state index in [9.17, 15) is 9.18 Å². The van der Waals surface area contributed by atoms with Crippen molar-refractivity contribution in [3.63, 3.8) is 0 Å². The molecule has 1 aliphatic carbocycles. The van der Waals surface area contributed by atoms with Gasteiger partial charge in [-0.25, -0.2) is 4.39 Å². The fourth-order valence-corrected chi connectivity index (χ4v) is 3.25. The Morgan fingerprint density at radius 3 is 2.95 bits per heavy atom. The highest BCUT2D eigenvalue weighted by atomic mass is 79.9. The van der Waals surface area contributed by atoms with E-state index in [0.29, 0.717) is 11.0 Å². The van der Waals surface area contributed by atoms with Crippen LogP contribution < -0.4 is 11.1 Å². The molecular weight excluding hydrogens is 323 g/mol. The average molecular weight is 343 g/mol. The molecule has 0 aliphatic heterocycles. The van der Waals surface area contributed by atoms with Crippen molar-refractivity contribution in [3.05, 3.63) is 34.1 Å². The standard InChI is InChI=1S/C15H20BrFN2O/c1-15(18)7-3-2-4-12(15)14(20)19-9-10-5-6-11(17)8-13(10)16/h5-6,8,12H,2-4,7,9,18H2,1H3,(H,19,20). The maximum absolute atomic E-state index is 13.0. The van der Waals surface area contributed by atoms with Gasteiger partial charge in [0.15, 0.2) is 0 Å². The molecule has 1 aliphatic rings. The van der Waals surface area contributed by atoms with Crippen LogP contribution in [0.3, 0.4) is 0 Å². The van der Waals surface area contributed by atoms with Gasteiger partial charge in [0, 0.05) is 16.6 Å². The van der Waals surface area contributed by atoms with E-state index in [-0.39, 0.29) is 17.6 Å². The zero-order valence-electron chi connectivity index (χ0n) is 11.6. The largest absolute Gasteiger partial charge is 0.352 e. The van der Waals surface area contributed by atoms with Crippen molar-refractivity contribution in [2.24, 2.45) is 11.7 Å². The zero-order chi connectivity index (χ0) is 14.8. The molecule has 0 heterocycles. The Morgan fingerprint density at radius 1 is 1.55 bits per heavy atom. The quantitative estimate of drug-likeness (QED) is 0.886. The number of nitrogens with one attached hydrogen (secondary N) is 1. The average Bonchev–Trinajstić information content (AvgIpc) is 2.37. The molecule has 3 N–H and O–H groups in total. The van der Waals surface area contributed by atoms with Crippen LogP contribution >= 0.6 is 15.9 Å². The van der Waals surface area contributed by atoms with Crippen LogP contribution in [-0.4, -0.2) is 11.4 Å². The minimum Gasteiger partial charge on any atom is -0.352 e. The minimum atomic E-state index is -0.428. The number of hydrogen-bond donors (Lipinski definition) is 2. The van der Waals surface area contributed by atoms with Gasteiger partial charge in [-0.15, -0.1) is 0 Å². The normalized spacial score (nSPS) is 26.3. The molecule has 2 atom stereocenters. The smallest absolute Gasteiger partial charge is 0.225 e. The van der Waals surface area contributed by atoms with Crippen LogP contribution in [0.1, 0.15) is 38.2 Å². The number of carbonyl (C=O) groups excluding carboxylic acids is 1. The highest BCUT2D eigenvalue weighted by Crippen LogP contribution is 2.31. The predicted octanol–water partition coefficient (Wildman–Crippen LogP) is 3.11. The summed E-state index contributed by atoms with van der Waals surface area (Å²) in [5, 5.41) is 2.91. The predicted molar refractivity (Wildman–Crippen MR) is 80.5 cm³/mol.